The number of nitrogens with zero attached hydrogens (tertiary/aromatic N) is 2. The second-order valence-electron chi connectivity index (χ2n) is 4.69. The first kappa shape index (κ1) is 13.8. The Kier molecular flexibility index (Phi) is 4.15. The van der Waals surface area contributed by atoms with E-state index in [1.54, 1.807) is 6.21 Å². The van der Waals surface area contributed by atoms with E-state index in [1.165, 1.54) is 16.7 Å². The summed E-state index contributed by atoms with van der Waals surface area (Å²) in [4.78, 5) is 0. The fourth-order valence-electron chi connectivity index (χ4n) is 1.88. The van der Waals surface area contributed by atoms with Crippen LogP contribution in [0.1, 0.15) is 16.7 Å². The standard InChI is InChI=1S/C16H18N4/c1-11-6-7-15(8-12(11)2)14-5-3-4-13(9-14)10-19-20-16(17)18/h3-10H,1-2H3,(H4,17,18,20). The van der Waals surface area contributed by atoms with Gasteiger partial charge in [-0.05, 0) is 47.7 Å². The number of nitrogens with two attached hydrogens (primary N) is 2. The minimum absolute atomic E-state index is 0.0495. The fourth-order valence-corrected chi connectivity index (χ4v) is 1.88. The third-order valence-corrected chi connectivity index (χ3v) is 3.11. The van der Waals surface area contributed by atoms with Crippen molar-refractivity contribution in [3.8, 4) is 11.1 Å². The minimum atomic E-state index is -0.0495. The SMILES string of the molecule is Cc1ccc(-c2cccc(C=NN=C(N)N)c2)cc1C. The van der Waals surface area contributed by atoms with Crippen LogP contribution >= 0.6 is 0 Å². The average Bonchev–Trinajstić information content (AvgIpc) is 2.42. The molecule has 0 atom stereocenters. The lowest BCUT2D eigenvalue weighted by Gasteiger charge is -2.06. The highest BCUT2D eigenvalue weighted by atomic mass is 15.3. The molecule has 2 aromatic carbocycles. The van der Waals surface area contributed by atoms with Crippen LogP contribution in [0.2, 0.25) is 0 Å². The second kappa shape index (κ2) is 6.02. The number of guanidine groups is 1. The van der Waals surface area contributed by atoms with Gasteiger partial charge in [-0.2, -0.15) is 5.10 Å². The summed E-state index contributed by atoms with van der Waals surface area (Å²) in [6, 6.07) is 14.5. The van der Waals surface area contributed by atoms with Crippen molar-refractivity contribution in [1.29, 1.82) is 0 Å². The Labute approximate surface area is 118 Å². The van der Waals surface area contributed by atoms with Crippen molar-refractivity contribution in [3.05, 3.63) is 59.2 Å². The molecule has 0 saturated heterocycles. The molecule has 0 spiro atoms. The van der Waals surface area contributed by atoms with Crippen molar-refractivity contribution < 1.29 is 0 Å². The first-order valence-electron chi connectivity index (χ1n) is 6.36. The Morgan fingerprint density at radius 3 is 2.40 bits per heavy atom. The normalized spacial score (nSPS) is 10.7. The van der Waals surface area contributed by atoms with Gasteiger partial charge < -0.3 is 11.5 Å². The highest BCUT2D eigenvalue weighted by Gasteiger charge is 2.00. The molecule has 20 heavy (non-hydrogen) atoms. The summed E-state index contributed by atoms with van der Waals surface area (Å²) >= 11 is 0. The van der Waals surface area contributed by atoms with Crippen LogP contribution in [-0.2, 0) is 0 Å². The van der Waals surface area contributed by atoms with Crippen molar-refractivity contribution in [2.24, 2.45) is 21.7 Å². The summed E-state index contributed by atoms with van der Waals surface area (Å²) in [6.45, 7) is 4.22. The molecule has 0 aliphatic carbocycles. The van der Waals surface area contributed by atoms with Gasteiger partial charge in [-0.25, -0.2) is 0 Å². The van der Waals surface area contributed by atoms with Gasteiger partial charge in [0.25, 0.3) is 0 Å². The van der Waals surface area contributed by atoms with Crippen molar-refractivity contribution >= 4 is 12.2 Å². The molecule has 0 aliphatic heterocycles. The smallest absolute Gasteiger partial charge is 0.211 e. The first-order chi connectivity index (χ1) is 9.56. The van der Waals surface area contributed by atoms with Gasteiger partial charge in [-0.3, -0.25) is 0 Å². The molecule has 0 fully saturated rings. The third kappa shape index (κ3) is 3.45. The zero-order valence-corrected chi connectivity index (χ0v) is 11.7. The molecule has 0 aliphatic rings. The van der Waals surface area contributed by atoms with Gasteiger partial charge in [0.15, 0.2) is 0 Å². The van der Waals surface area contributed by atoms with E-state index < -0.39 is 0 Å². The van der Waals surface area contributed by atoms with E-state index in [4.69, 9.17) is 11.5 Å². The van der Waals surface area contributed by atoms with Crippen LogP contribution in [-0.4, -0.2) is 12.2 Å². The highest BCUT2D eigenvalue weighted by Crippen LogP contribution is 2.22. The predicted molar refractivity (Wildman–Crippen MR) is 84.8 cm³/mol. The number of aryl methyl sites for hydroxylation is 2. The van der Waals surface area contributed by atoms with Crippen LogP contribution in [0.5, 0.6) is 0 Å². The molecule has 0 unspecified atom stereocenters. The van der Waals surface area contributed by atoms with E-state index in [0.29, 0.717) is 0 Å². The van der Waals surface area contributed by atoms with Gasteiger partial charge >= 0.3 is 0 Å². The summed E-state index contributed by atoms with van der Waals surface area (Å²) in [5, 5.41) is 7.41. The number of hydrogen-bond acceptors (Lipinski definition) is 2. The average molecular weight is 266 g/mol. The Bertz CT molecular complexity index is 668. The van der Waals surface area contributed by atoms with Gasteiger partial charge in [-0.15, -0.1) is 5.10 Å². The second-order valence-corrected chi connectivity index (χ2v) is 4.69. The topological polar surface area (TPSA) is 76.8 Å². The van der Waals surface area contributed by atoms with Crippen LogP contribution in [0.4, 0.5) is 0 Å². The molecule has 2 aromatic rings. The van der Waals surface area contributed by atoms with Crippen LogP contribution < -0.4 is 11.5 Å². The molecular formula is C16H18N4. The summed E-state index contributed by atoms with van der Waals surface area (Å²) in [7, 11) is 0. The largest absolute Gasteiger partial charge is 0.369 e. The lowest BCUT2D eigenvalue weighted by Crippen LogP contribution is -2.21. The fraction of sp³-hybridized carbons (Fsp3) is 0.125. The molecule has 102 valence electrons. The summed E-state index contributed by atoms with van der Waals surface area (Å²) < 4.78 is 0. The number of hydrogen-bond donors (Lipinski definition) is 2. The molecule has 0 heterocycles. The van der Waals surface area contributed by atoms with Crippen molar-refractivity contribution in [3.63, 3.8) is 0 Å². The highest BCUT2D eigenvalue weighted by molar-refractivity contribution is 5.83. The molecule has 2 rings (SSSR count). The minimum Gasteiger partial charge on any atom is -0.369 e. The van der Waals surface area contributed by atoms with Gasteiger partial charge in [0, 0.05) is 0 Å². The van der Waals surface area contributed by atoms with Crippen LogP contribution in [0.3, 0.4) is 0 Å². The van der Waals surface area contributed by atoms with E-state index in [-0.39, 0.29) is 5.96 Å². The van der Waals surface area contributed by atoms with Crippen molar-refractivity contribution in [2.45, 2.75) is 13.8 Å². The van der Waals surface area contributed by atoms with E-state index in [0.717, 1.165) is 11.1 Å². The molecular weight excluding hydrogens is 248 g/mol. The quantitative estimate of drug-likeness (QED) is 0.509. The van der Waals surface area contributed by atoms with Gasteiger partial charge in [0.1, 0.15) is 0 Å². The summed E-state index contributed by atoms with van der Waals surface area (Å²) in [5.41, 5.74) is 16.3. The monoisotopic (exact) mass is 266 g/mol. The Morgan fingerprint density at radius 2 is 1.70 bits per heavy atom. The maximum Gasteiger partial charge on any atom is 0.211 e. The molecule has 0 saturated carbocycles. The van der Waals surface area contributed by atoms with Crippen molar-refractivity contribution in [2.75, 3.05) is 0 Å². The summed E-state index contributed by atoms with van der Waals surface area (Å²) in [5.74, 6) is -0.0495. The predicted octanol–water partition coefficient (Wildman–Crippen LogP) is 2.58. The number of rotatable bonds is 3. The maximum atomic E-state index is 5.22. The first-order valence-corrected chi connectivity index (χ1v) is 6.36. The molecule has 0 aromatic heterocycles. The van der Waals surface area contributed by atoms with Crippen LogP contribution in [0, 0.1) is 13.8 Å². The van der Waals surface area contributed by atoms with E-state index in [9.17, 15) is 0 Å². The van der Waals surface area contributed by atoms with Crippen molar-refractivity contribution in [1.82, 2.24) is 0 Å². The third-order valence-electron chi connectivity index (χ3n) is 3.11. The Balaban J connectivity index is 2.31. The van der Waals surface area contributed by atoms with E-state index >= 15 is 0 Å². The van der Waals surface area contributed by atoms with E-state index in [1.807, 2.05) is 12.1 Å². The Morgan fingerprint density at radius 1 is 0.950 bits per heavy atom. The zero-order valence-electron chi connectivity index (χ0n) is 11.7. The number of benzene rings is 2. The molecule has 4 heteroatoms. The molecule has 4 nitrogen and oxygen atoms in total. The van der Waals surface area contributed by atoms with Crippen LogP contribution in [0.15, 0.2) is 52.7 Å². The molecule has 0 bridgehead atoms. The zero-order chi connectivity index (χ0) is 14.5. The van der Waals surface area contributed by atoms with Crippen LogP contribution in [0.25, 0.3) is 11.1 Å². The molecule has 4 N–H and O–H groups in total. The van der Waals surface area contributed by atoms with Gasteiger partial charge in [0.05, 0.1) is 6.21 Å². The molecule has 0 amide bonds. The lowest BCUT2D eigenvalue weighted by molar-refractivity contribution is 1.21. The lowest BCUT2D eigenvalue weighted by atomic mass is 9.99. The maximum absolute atomic E-state index is 5.22. The Hall–Kier alpha value is -2.62. The van der Waals surface area contributed by atoms with E-state index in [2.05, 4.69) is 54.4 Å². The van der Waals surface area contributed by atoms with Gasteiger partial charge in [0.2, 0.25) is 5.96 Å². The van der Waals surface area contributed by atoms with Gasteiger partial charge in [-0.1, -0.05) is 36.4 Å². The summed E-state index contributed by atoms with van der Waals surface area (Å²) in [6.07, 6.45) is 1.63. The molecule has 0 radical (unpaired) electrons.